The average molecular weight is 239 g/mol. The summed E-state index contributed by atoms with van der Waals surface area (Å²) in [5, 5.41) is 0. The lowest BCUT2D eigenvalue weighted by atomic mass is 10.0. The van der Waals surface area contributed by atoms with Gasteiger partial charge in [0.05, 0.1) is 6.04 Å². The third-order valence-corrected chi connectivity index (χ3v) is 3.76. The van der Waals surface area contributed by atoms with E-state index in [9.17, 15) is 9.59 Å². The van der Waals surface area contributed by atoms with Gasteiger partial charge in [-0.3, -0.25) is 9.59 Å². The number of carbonyl (C=O) groups is 2. The van der Waals surface area contributed by atoms with Gasteiger partial charge in [0.1, 0.15) is 6.04 Å². The van der Waals surface area contributed by atoms with Crippen molar-refractivity contribution < 1.29 is 9.59 Å². The molecule has 2 aliphatic rings. The first-order valence-corrected chi connectivity index (χ1v) is 6.46. The molecule has 5 nitrogen and oxygen atoms in total. The van der Waals surface area contributed by atoms with Crippen LogP contribution in [0.1, 0.15) is 32.6 Å². The minimum Gasteiger partial charge on any atom is -0.341 e. The number of nitrogens with zero attached hydrogens (tertiary/aromatic N) is 2. The molecule has 17 heavy (non-hydrogen) atoms. The number of carbonyl (C=O) groups excluding carboxylic acids is 2. The van der Waals surface area contributed by atoms with E-state index in [-0.39, 0.29) is 17.9 Å². The molecule has 0 aromatic heterocycles. The zero-order valence-electron chi connectivity index (χ0n) is 10.4. The van der Waals surface area contributed by atoms with Crippen LogP contribution in [0.4, 0.5) is 0 Å². The van der Waals surface area contributed by atoms with Crippen LogP contribution in [0.15, 0.2) is 0 Å². The maximum Gasteiger partial charge on any atom is 0.245 e. The van der Waals surface area contributed by atoms with Crippen molar-refractivity contribution in [1.82, 2.24) is 9.80 Å². The lowest BCUT2D eigenvalue weighted by Crippen LogP contribution is -2.56. The normalized spacial score (nSPS) is 27.4. The van der Waals surface area contributed by atoms with Crippen LogP contribution < -0.4 is 5.73 Å². The molecule has 5 heteroatoms. The molecular weight excluding hydrogens is 218 g/mol. The van der Waals surface area contributed by atoms with Gasteiger partial charge in [0.25, 0.3) is 0 Å². The van der Waals surface area contributed by atoms with Gasteiger partial charge in [-0.1, -0.05) is 0 Å². The summed E-state index contributed by atoms with van der Waals surface area (Å²) in [5.41, 5.74) is 5.74. The maximum atomic E-state index is 12.2. The fraction of sp³-hybridized carbons (Fsp3) is 0.833. The van der Waals surface area contributed by atoms with Crippen molar-refractivity contribution in [2.24, 2.45) is 5.73 Å². The Kier molecular flexibility index (Phi) is 3.66. The van der Waals surface area contributed by atoms with Gasteiger partial charge in [-0.2, -0.15) is 0 Å². The van der Waals surface area contributed by atoms with E-state index in [1.165, 1.54) is 0 Å². The molecule has 2 amide bonds. The number of amides is 2. The predicted octanol–water partition coefficient (Wildman–Crippen LogP) is -0.0530. The molecule has 0 spiro atoms. The highest BCUT2D eigenvalue weighted by Gasteiger charge is 2.34. The number of rotatable bonds is 2. The Morgan fingerprint density at radius 2 is 1.94 bits per heavy atom. The Labute approximate surface area is 102 Å². The molecule has 2 unspecified atom stereocenters. The van der Waals surface area contributed by atoms with Crippen LogP contribution in [0, 0.1) is 0 Å². The molecule has 2 rings (SSSR count). The molecule has 0 aliphatic carbocycles. The highest BCUT2D eigenvalue weighted by atomic mass is 16.2. The van der Waals surface area contributed by atoms with Crippen LogP contribution in [0.5, 0.6) is 0 Å². The van der Waals surface area contributed by atoms with Gasteiger partial charge in [0, 0.05) is 19.6 Å². The summed E-state index contributed by atoms with van der Waals surface area (Å²) in [5.74, 6) is 0.00115. The van der Waals surface area contributed by atoms with Gasteiger partial charge in [0.2, 0.25) is 11.8 Å². The maximum absolute atomic E-state index is 12.2. The van der Waals surface area contributed by atoms with Crippen LogP contribution in [-0.4, -0.2) is 53.3 Å². The van der Waals surface area contributed by atoms with Crippen LogP contribution in [0.2, 0.25) is 0 Å². The predicted molar refractivity (Wildman–Crippen MR) is 64.2 cm³/mol. The van der Waals surface area contributed by atoms with Gasteiger partial charge >= 0.3 is 0 Å². The molecule has 2 aliphatic heterocycles. The highest BCUT2D eigenvalue weighted by molar-refractivity contribution is 5.90. The largest absolute Gasteiger partial charge is 0.341 e. The van der Waals surface area contributed by atoms with Gasteiger partial charge in [0.15, 0.2) is 0 Å². The fourth-order valence-corrected chi connectivity index (χ4v) is 2.65. The summed E-state index contributed by atoms with van der Waals surface area (Å²) in [6, 6.07) is -0.774. The number of piperidine rings is 1. The molecular formula is C12H21N3O2. The summed E-state index contributed by atoms with van der Waals surface area (Å²) in [7, 11) is 0. The van der Waals surface area contributed by atoms with E-state index in [1.807, 2.05) is 11.8 Å². The van der Waals surface area contributed by atoms with Crippen LogP contribution in [-0.2, 0) is 9.59 Å². The Hall–Kier alpha value is -1.10. The topological polar surface area (TPSA) is 66.6 Å². The molecule has 0 bridgehead atoms. The number of likely N-dealkylation sites (tertiary alicyclic amines) is 2. The van der Waals surface area contributed by atoms with E-state index in [2.05, 4.69) is 0 Å². The van der Waals surface area contributed by atoms with Crippen molar-refractivity contribution in [3.63, 3.8) is 0 Å². The van der Waals surface area contributed by atoms with Crippen molar-refractivity contribution in [2.75, 3.05) is 19.6 Å². The molecule has 96 valence electrons. The Bertz CT molecular complexity index is 313. The highest BCUT2D eigenvalue weighted by Crippen LogP contribution is 2.17. The van der Waals surface area contributed by atoms with E-state index in [1.54, 1.807) is 4.90 Å². The monoisotopic (exact) mass is 239 g/mol. The van der Waals surface area contributed by atoms with Gasteiger partial charge in [-0.15, -0.1) is 0 Å². The SMILES string of the molecule is CC(C(=O)N1CCCC1)N1CCCC(N)C1=O. The second-order valence-corrected chi connectivity index (χ2v) is 4.99. The average Bonchev–Trinajstić information content (AvgIpc) is 2.84. The first-order chi connectivity index (χ1) is 8.11. The van der Waals surface area contributed by atoms with Gasteiger partial charge < -0.3 is 15.5 Å². The second kappa shape index (κ2) is 5.04. The van der Waals surface area contributed by atoms with E-state index in [0.29, 0.717) is 6.54 Å². The quantitative estimate of drug-likeness (QED) is 0.734. The van der Waals surface area contributed by atoms with Crippen molar-refractivity contribution in [3.05, 3.63) is 0 Å². The summed E-state index contributed by atoms with van der Waals surface area (Å²) in [4.78, 5) is 27.6. The summed E-state index contributed by atoms with van der Waals surface area (Å²) in [6.45, 7) is 4.14. The Morgan fingerprint density at radius 1 is 1.29 bits per heavy atom. The van der Waals surface area contributed by atoms with Gasteiger partial charge in [-0.25, -0.2) is 0 Å². The Balaban J connectivity index is 2.00. The molecule has 0 aromatic rings. The molecule has 0 saturated carbocycles. The third kappa shape index (κ3) is 2.44. The van der Waals surface area contributed by atoms with Crippen molar-refractivity contribution in [3.8, 4) is 0 Å². The zero-order valence-corrected chi connectivity index (χ0v) is 10.4. The molecule has 2 N–H and O–H groups in total. The molecule has 2 saturated heterocycles. The smallest absolute Gasteiger partial charge is 0.245 e. The zero-order chi connectivity index (χ0) is 12.4. The summed E-state index contributed by atoms with van der Waals surface area (Å²) < 4.78 is 0. The van der Waals surface area contributed by atoms with Crippen LogP contribution >= 0.6 is 0 Å². The van der Waals surface area contributed by atoms with Gasteiger partial charge in [-0.05, 0) is 32.6 Å². The van der Waals surface area contributed by atoms with E-state index < -0.39 is 6.04 Å². The van der Waals surface area contributed by atoms with E-state index >= 15 is 0 Å². The fourth-order valence-electron chi connectivity index (χ4n) is 2.65. The summed E-state index contributed by atoms with van der Waals surface area (Å²) >= 11 is 0. The first-order valence-electron chi connectivity index (χ1n) is 6.46. The molecule has 0 radical (unpaired) electrons. The standard InChI is InChI=1S/C12H21N3O2/c1-9(11(16)14-6-2-3-7-14)15-8-4-5-10(13)12(15)17/h9-10H,2-8,13H2,1H3. The first kappa shape index (κ1) is 12.4. The lowest BCUT2D eigenvalue weighted by Gasteiger charge is -2.36. The molecule has 2 heterocycles. The number of hydrogen-bond acceptors (Lipinski definition) is 3. The van der Waals surface area contributed by atoms with Crippen molar-refractivity contribution in [1.29, 1.82) is 0 Å². The lowest BCUT2D eigenvalue weighted by molar-refractivity contribution is -0.147. The number of hydrogen-bond donors (Lipinski definition) is 1. The Morgan fingerprint density at radius 3 is 2.59 bits per heavy atom. The van der Waals surface area contributed by atoms with Crippen molar-refractivity contribution >= 4 is 11.8 Å². The van der Waals surface area contributed by atoms with Crippen molar-refractivity contribution in [2.45, 2.75) is 44.7 Å². The third-order valence-electron chi connectivity index (χ3n) is 3.76. The second-order valence-electron chi connectivity index (χ2n) is 4.99. The number of nitrogens with two attached hydrogens (primary N) is 1. The molecule has 2 fully saturated rings. The molecule has 0 aromatic carbocycles. The minimum atomic E-state index is -0.419. The summed E-state index contributed by atoms with van der Waals surface area (Å²) in [6.07, 6.45) is 3.78. The molecule has 2 atom stereocenters. The minimum absolute atomic E-state index is 0.0729. The van der Waals surface area contributed by atoms with E-state index in [4.69, 9.17) is 5.73 Å². The van der Waals surface area contributed by atoms with Crippen LogP contribution in [0.25, 0.3) is 0 Å². The van der Waals surface area contributed by atoms with Crippen LogP contribution in [0.3, 0.4) is 0 Å². The van der Waals surface area contributed by atoms with E-state index in [0.717, 1.165) is 38.8 Å².